The Morgan fingerprint density at radius 3 is 2.68 bits per heavy atom. The minimum atomic E-state index is -0.454. The molecule has 0 bridgehead atoms. The lowest BCUT2D eigenvalue weighted by Gasteiger charge is -2.13. The quantitative estimate of drug-likeness (QED) is 0.413. The molecule has 0 N–H and O–H groups in total. The van der Waals surface area contributed by atoms with Crippen molar-refractivity contribution >= 4 is 21.6 Å². The first kappa shape index (κ1) is 15.8. The van der Waals surface area contributed by atoms with E-state index in [0.29, 0.717) is 24.0 Å². The molecule has 1 atom stereocenters. The van der Waals surface area contributed by atoms with Crippen LogP contribution in [0.3, 0.4) is 0 Å². The van der Waals surface area contributed by atoms with Crippen LogP contribution in [0.1, 0.15) is 19.8 Å². The summed E-state index contributed by atoms with van der Waals surface area (Å²) in [6.07, 6.45) is 2.03. The van der Waals surface area contributed by atoms with Crippen LogP contribution < -0.4 is 9.47 Å². The summed E-state index contributed by atoms with van der Waals surface area (Å²) in [4.78, 5) is 10.2. The molecule has 19 heavy (non-hydrogen) atoms. The number of hydrogen-bond acceptors (Lipinski definition) is 4. The molecule has 0 aromatic heterocycles. The molecule has 0 aliphatic rings. The maximum Gasteiger partial charge on any atom is 0.273 e. The topological polar surface area (TPSA) is 61.6 Å². The Hall–Kier alpha value is -1.30. The zero-order valence-corrected chi connectivity index (χ0v) is 12.7. The number of alkyl halides is 1. The van der Waals surface area contributed by atoms with Crippen molar-refractivity contribution in [2.45, 2.75) is 19.8 Å². The van der Waals surface area contributed by atoms with Crippen molar-refractivity contribution in [2.24, 2.45) is 5.92 Å². The molecule has 106 valence electrons. The summed E-state index contributed by atoms with van der Waals surface area (Å²) < 4.78 is 10.7. The van der Waals surface area contributed by atoms with Gasteiger partial charge >= 0.3 is 0 Å². The molecule has 0 radical (unpaired) electrons. The molecule has 1 rings (SSSR count). The van der Waals surface area contributed by atoms with Crippen LogP contribution >= 0.6 is 15.9 Å². The highest BCUT2D eigenvalue weighted by Gasteiger charge is 2.12. The highest BCUT2D eigenvalue weighted by Crippen LogP contribution is 2.31. The summed E-state index contributed by atoms with van der Waals surface area (Å²) in [6, 6.07) is 4.36. The first-order valence-corrected chi connectivity index (χ1v) is 7.21. The second-order valence-corrected chi connectivity index (χ2v) is 5.11. The molecule has 1 aromatic carbocycles. The highest BCUT2D eigenvalue weighted by molar-refractivity contribution is 9.09. The number of rotatable bonds is 8. The molecule has 1 unspecified atom stereocenters. The third-order valence-electron chi connectivity index (χ3n) is 2.83. The van der Waals surface area contributed by atoms with E-state index in [1.165, 1.54) is 19.2 Å². The second-order valence-electron chi connectivity index (χ2n) is 4.31. The SMILES string of the molecule is COc1cc([N+](=O)[O-])ccc1OCCC(C)CCBr. The van der Waals surface area contributed by atoms with Crippen molar-refractivity contribution in [1.29, 1.82) is 0 Å². The van der Waals surface area contributed by atoms with Gasteiger partial charge in [-0.1, -0.05) is 22.9 Å². The normalized spacial score (nSPS) is 11.9. The Morgan fingerprint density at radius 1 is 1.37 bits per heavy atom. The van der Waals surface area contributed by atoms with E-state index >= 15 is 0 Å². The van der Waals surface area contributed by atoms with Crippen LogP contribution in [0, 0.1) is 16.0 Å². The van der Waals surface area contributed by atoms with E-state index in [-0.39, 0.29) is 5.69 Å². The van der Waals surface area contributed by atoms with E-state index in [2.05, 4.69) is 22.9 Å². The molecule has 0 amide bonds. The van der Waals surface area contributed by atoms with Gasteiger partial charge in [0.05, 0.1) is 24.7 Å². The Bertz CT molecular complexity index is 425. The first-order valence-electron chi connectivity index (χ1n) is 6.09. The number of nitrogens with zero attached hydrogens (tertiary/aromatic N) is 1. The maximum atomic E-state index is 10.7. The second kappa shape index (κ2) is 7.99. The molecule has 0 saturated heterocycles. The third-order valence-corrected chi connectivity index (χ3v) is 3.29. The van der Waals surface area contributed by atoms with Gasteiger partial charge in [-0.2, -0.15) is 0 Å². The molecule has 0 saturated carbocycles. The molecule has 0 heterocycles. The molecule has 6 heteroatoms. The van der Waals surface area contributed by atoms with Crippen LogP contribution in [-0.2, 0) is 0 Å². The predicted octanol–water partition coefficient (Wildman–Crippen LogP) is 3.79. The number of methoxy groups -OCH3 is 1. The lowest BCUT2D eigenvalue weighted by molar-refractivity contribution is -0.384. The Kier molecular flexibility index (Phi) is 6.62. The van der Waals surface area contributed by atoms with E-state index in [1.54, 1.807) is 6.07 Å². The van der Waals surface area contributed by atoms with Gasteiger partial charge in [-0.15, -0.1) is 0 Å². The van der Waals surface area contributed by atoms with Gasteiger partial charge in [0.15, 0.2) is 11.5 Å². The average Bonchev–Trinajstić information content (AvgIpc) is 2.39. The lowest BCUT2D eigenvalue weighted by Crippen LogP contribution is -2.05. The van der Waals surface area contributed by atoms with Gasteiger partial charge in [0, 0.05) is 11.4 Å². The molecular formula is C13H18BrNO4. The molecular weight excluding hydrogens is 314 g/mol. The Labute approximate surface area is 121 Å². The zero-order valence-electron chi connectivity index (χ0n) is 11.1. The molecule has 0 aliphatic carbocycles. The summed E-state index contributed by atoms with van der Waals surface area (Å²) in [6.45, 7) is 2.74. The standard InChI is InChI=1S/C13H18BrNO4/c1-10(5-7-14)6-8-19-12-4-3-11(15(16)17)9-13(12)18-2/h3-4,9-10H,5-8H2,1-2H3. The number of nitro groups is 1. The number of halogens is 1. The molecule has 0 fully saturated rings. The number of nitro benzene ring substituents is 1. The van der Waals surface area contributed by atoms with Gasteiger partial charge in [0.1, 0.15) is 0 Å². The largest absolute Gasteiger partial charge is 0.493 e. The minimum Gasteiger partial charge on any atom is -0.493 e. The van der Waals surface area contributed by atoms with Gasteiger partial charge in [-0.25, -0.2) is 0 Å². The Balaban J connectivity index is 2.60. The van der Waals surface area contributed by atoms with Gasteiger partial charge in [-0.05, 0) is 24.8 Å². The van der Waals surface area contributed by atoms with Crippen LogP contribution in [0.5, 0.6) is 11.5 Å². The maximum absolute atomic E-state index is 10.7. The van der Waals surface area contributed by atoms with Crippen LogP contribution in [0.15, 0.2) is 18.2 Å². The summed E-state index contributed by atoms with van der Waals surface area (Å²) in [5.74, 6) is 1.50. The lowest BCUT2D eigenvalue weighted by atomic mass is 10.1. The smallest absolute Gasteiger partial charge is 0.273 e. The van der Waals surface area contributed by atoms with E-state index in [0.717, 1.165) is 18.2 Å². The van der Waals surface area contributed by atoms with Crippen molar-refractivity contribution in [3.8, 4) is 11.5 Å². The van der Waals surface area contributed by atoms with Crippen molar-refractivity contribution in [1.82, 2.24) is 0 Å². The van der Waals surface area contributed by atoms with E-state index in [1.807, 2.05) is 0 Å². The summed E-state index contributed by atoms with van der Waals surface area (Å²) >= 11 is 3.41. The fraction of sp³-hybridized carbons (Fsp3) is 0.538. The highest BCUT2D eigenvalue weighted by atomic mass is 79.9. The zero-order chi connectivity index (χ0) is 14.3. The van der Waals surface area contributed by atoms with Crippen LogP contribution in [0.25, 0.3) is 0 Å². The monoisotopic (exact) mass is 331 g/mol. The molecule has 0 spiro atoms. The van der Waals surface area contributed by atoms with Gasteiger partial charge < -0.3 is 9.47 Å². The van der Waals surface area contributed by atoms with Gasteiger partial charge in [0.25, 0.3) is 5.69 Å². The van der Waals surface area contributed by atoms with Crippen molar-refractivity contribution < 1.29 is 14.4 Å². The summed E-state index contributed by atoms with van der Waals surface area (Å²) in [5, 5.41) is 11.6. The molecule has 1 aromatic rings. The third kappa shape index (κ3) is 5.06. The summed E-state index contributed by atoms with van der Waals surface area (Å²) in [5.41, 5.74) is -0.00291. The van der Waals surface area contributed by atoms with E-state index in [4.69, 9.17) is 9.47 Å². The number of hydrogen-bond donors (Lipinski definition) is 0. The Morgan fingerprint density at radius 2 is 2.11 bits per heavy atom. The molecule has 5 nitrogen and oxygen atoms in total. The van der Waals surface area contributed by atoms with Gasteiger partial charge in [-0.3, -0.25) is 10.1 Å². The van der Waals surface area contributed by atoms with Crippen LogP contribution in [0.4, 0.5) is 5.69 Å². The number of non-ortho nitro benzene ring substituents is 1. The predicted molar refractivity (Wildman–Crippen MR) is 77.3 cm³/mol. The van der Waals surface area contributed by atoms with Crippen LogP contribution in [-0.4, -0.2) is 24.0 Å². The van der Waals surface area contributed by atoms with Crippen molar-refractivity contribution in [2.75, 3.05) is 19.0 Å². The average molecular weight is 332 g/mol. The molecule has 0 aliphatic heterocycles. The van der Waals surface area contributed by atoms with Gasteiger partial charge in [0.2, 0.25) is 0 Å². The minimum absolute atomic E-state index is 0.00291. The van der Waals surface area contributed by atoms with E-state index < -0.39 is 4.92 Å². The van der Waals surface area contributed by atoms with Crippen LogP contribution in [0.2, 0.25) is 0 Å². The number of ether oxygens (including phenoxy) is 2. The van der Waals surface area contributed by atoms with Crippen molar-refractivity contribution in [3.63, 3.8) is 0 Å². The summed E-state index contributed by atoms with van der Waals surface area (Å²) in [7, 11) is 1.47. The fourth-order valence-electron chi connectivity index (χ4n) is 1.59. The van der Waals surface area contributed by atoms with E-state index in [9.17, 15) is 10.1 Å². The fourth-order valence-corrected chi connectivity index (χ4v) is 2.37. The van der Waals surface area contributed by atoms with Crippen molar-refractivity contribution in [3.05, 3.63) is 28.3 Å². The first-order chi connectivity index (χ1) is 9.08. The number of benzene rings is 1.